The maximum absolute atomic E-state index is 4.61. The first-order chi connectivity index (χ1) is 8.24. The lowest BCUT2D eigenvalue weighted by Crippen LogP contribution is -2.27. The highest BCUT2D eigenvalue weighted by Gasteiger charge is 2.17. The summed E-state index contributed by atoms with van der Waals surface area (Å²) >= 11 is 1.77. The van der Waals surface area contributed by atoms with E-state index in [1.54, 1.807) is 11.3 Å². The van der Waals surface area contributed by atoms with E-state index >= 15 is 0 Å². The van der Waals surface area contributed by atoms with Gasteiger partial charge in [0, 0.05) is 17.6 Å². The first-order valence-electron chi connectivity index (χ1n) is 6.38. The van der Waals surface area contributed by atoms with Gasteiger partial charge in [-0.25, -0.2) is 4.98 Å². The molecule has 0 spiro atoms. The van der Waals surface area contributed by atoms with Crippen LogP contribution in [0.5, 0.6) is 0 Å². The number of thiazole rings is 1. The Labute approximate surface area is 106 Å². The van der Waals surface area contributed by atoms with Gasteiger partial charge in [0.25, 0.3) is 0 Å². The average Bonchev–Trinajstić information content (AvgIpc) is 2.67. The number of hydrogen-bond donors (Lipinski definition) is 1. The lowest BCUT2D eigenvalue weighted by Gasteiger charge is -2.25. The molecule has 1 N–H and O–H groups in total. The number of fused-ring (bicyclic) bond motifs is 1. The molecule has 2 heterocycles. The quantitative estimate of drug-likeness (QED) is 0.903. The second-order valence-corrected chi connectivity index (χ2v) is 6.28. The van der Waals surface area contributed by atoms with Gasteiger partial charge in [-0.2, -0.15) is 0 Å². The van der Waals surface area contributed by atoms with Crippen molar-refractivity contribution < 1.29 is 0 Å². The van der Waals surface area contributed by atoms with Gasteiger partial charge in [0.1, 0.15) is 0 Å². The van der Waals surface area contributed by atoms with Crippen LogP contribution in [0.15, 0.2) is 6.20 Å². The lowest BCUT2D eigenvalue weighted by atomic mass is 9.85. The Balaban J connectivity index is 1.71. The second-order valence-electron chi connectivity index (χ2n) is 5.07. The normalized spacial score (nSPS) is 16.6. The number of rotatable bonds is 4. The molecule has 0 atom stereocenters. The third-order valence-electron chi connectivity index (χ3n) is 3.69. The first-order valence-corrected chi connectivity index (χ1v) is 7.20. The molecule has 3 rings (SSSR count). The van der Waals surface area contributed by atoms with Gasteiger partial charge in [0.2, 0.25) is 0 Å². The lowest BCUT2D eigenvalue weighted by molar-refractivity contribution is 0.301. The Morgan fingerprint density at radius 1 is 1.47 bits per heavy atom. The molecule has 1 fully saturated rings. The molecule has 0 bridgehead atoms. The molecule has 17 heavy (non-hydrogen) atoms. The van der Waals surface area contributed by atoms with Crippen molar-refractivity contribution >= 4 is 16.3 Å². The Kier molecular flexibility index (Phi) is 2.92. The van der Waals surface area contributed by atoms with Crippen molar-refractivity contribution in [2.75, 3.05) is 6.54 Å². The van der Waals surface area contributed by atoms with Crippen LogP contribution in [0, 0.1) is 19.8 Å². The zero-order chi connectivity index (χ0) is 11.8. The third-order valence-corrected chi connectivity index (χ3v) is 4.59. The summed E-state index contributed by atoms with van der Waals surface area (Å²) in [5.41, 5.74) is 2.49. The van der Waals surface area contributed by atoms with Crippen molar-refractivity contribution in [1.29, 1.82) is 0 Å². The van der Waals surface area contributed by atoms with Crippen LogP contribution in [-0.2, 0) is 6.54 Å². The molecule has 0 aromatic carbocycles. The number of aryl methyl sites for hydroxylation is 2. The second kappa shape index (κ2) is 4.42. The minimum atomic E-state index is 0.919. The fraction of sp³-hybridized carbons (Fsp3) is 0.615. The van der Waals surface area contributed by atoms with E-state index < -0.39 is 0 Å². The zero-order valence-electron chi connectivity index (χ0n) is 10.5. The Morgan fingerprint density at radius 2 is 2.29 bits per heavy atom. The van der Waals surface area contributed by atoms with E-state index in [1.165, 1.54) is 29.8 Å². The van der Waals surface area contributed by atoms with Crippen molar-refractivity contribution in [3.05, 3.63) is 22.5 Å². The van der Waals surface area contributed by atoms with Gasteiger partial charge in [-0.15, -0.1) is 11.3 Å². The summed E-state index contributed by atoms with van der Waals surface area (Å²) in [6.45, 7) is 6.35. The number of hydrogen-bond acceptors (Lipinski definition) is 3. The molecule has 0 saturated heterocycles. The summed E-state index contributed by atoms with van der Waals surface area (Å²) in [5.74, 6) is 0.919. The van der Waals surface area contributed by atoms with E-state index in [0.29, 0.717) is 0 Å². The molecule has 0 unspecified atom stereocenters. The molecule has 4 heteroatoms. The predicted octanol–water partition coefficient (Wildman–Crippen LogP) is 2.90. The maximum Gasteiger partial charge on any atom is 0.194 e. The average molecular weight is 249 g/mol. The molecule has 1 saturated carbocycles. The van der Waals surface area contributed by atoms with E-state index in [9.17, 15) is 0 Å². The number of nitrogens with zero attached hydrogens (tertiary/aromatic N) is 2. The molecule has 2 aromatic rings. The van der Waals surface area contributed by atoms with E-state index in [0.717, 1.165) is 29.7 Å². The van der Waals surface area contributed by atoms with Crippen molar-refractivity contribution in [3.63, 3.8) is 0 Å². The van der Waals surface area contributed by atoms with Gasteiger partial charge in [-0.05, 0) is 39.2 Å². The van der Waals surface area contributed by atoms with Gasteiger partial charge >= 0.3 is 0 Å². The Hall–Kier alpha value is -0.870. The van der Waals surface area contributed by atoms with Crippen LogP contribution in [0.25, 0.3) is 4.96 Å². The zero-order valence-corrected chi connectivity index (χ0v) is 11.3. The standard InChI is InChI=1S/C13H19N3S/c1-9-8-16-12(10(2)15-13(16)17-9)7-14-6-11-4-3-5-11/h8,11,14H,3-7H2,1-2H3. The summed E-state index contributed by atoms with van der Waals surface area (Å²) in [6.07, 6.45) is 6.43. The van der Waals surface area contributed by atoms with E-state index in [-0.39, 0.29) is 0 Å². The van der Waals surface area contributed by atoms with Gasteiger partial charge < -0.3 is 5.32 Å². The molecule has 0 radical (unpaired) electrons. The summed E-state index contributed by atoms with van der Waals surface area (Å²) in [7, 11) is 0. The molecule has 3 nitrogen and oxygen atoms in total. The minimum Gasteiger partial charge on any atom is -0.311 e. The summed E-state index contributed by atoms with van der Waals surface area (Å²) in [6, 6.07) is 0. The molecule has 2 aromatic heterocycles. The molecular weight excluding hydrogens is 230 g/mol. The van der Waals surface area contributed by atoms with Crippen molar-refractivity contribution in [1.82, 2.24) is 14.7 Å². The monoisotopic (exact) mass is 249 g/mol. The highest BCUT2D eigenvalue weighted by Crippen LogP contribution is 2.25. The highest BCUT2D eigenvalue weighted by molar-refractivity contribution is 7.17. The fourth-order valence-electron chi connectivity index (χ4n) is 2.41. The predicted molar refractivity (Wildman–Crippen MR) is 71.6 cm³/mol. The molecule has 92 valence electrons. The summed E-state index contributed by atoms with van der Waals surface area (Å²) in [5, 5.41) is 3.58. The SMILES string of the molecule is Cc1cn2c(CNCC3CCC3)c(C)nc2s1. The van der Waals surface area contributed by atoms with Crippen LogP contribution in [0.2, 0.25) is 0 Å². The largest absolute Gasteiger partial charge is 0.311 e. The summed E-state index contributed by atoms with van der Waals surface area (Å²) in [4.78, 5) is 7.06. The van der Waals surface area contributed by atoms with Crippen LogP contribution in [-0.4, -0.2) is 15.9 Å². The van der Waals surface area contributed by atoms with Crippen molar-refractivity contribution in [2.45, 2.75) is 39.7 Å². The van der Waals surface area contributed by atoms with Crippen LogP contribution in [0.1, 0.15) is 35.5 Å². The molecule has 0 aliphatic heterocycles. The Bertz CT molecular complexity index is 522. The Morgan fingerprint density at radius 3 is 3.00 bits per heavy atom. The van der Waals surface area contributed by atoms with E-state index in [4.69, 9.17) is 0 Å². The molecular formula is C13H19N3S. The number of nitrogens with one attached hydrogen (secondary N) is 1. The van der Waals surface area contributed by atoms with E-state index in [2.05, 4.69) is 34.7 Å². The van der Waals surface area contributed by atoms with Crippen LogP contribution < -0.4 is 5.32 Å². The summed E-state index contributed by atoms with van der Waals surface area (Å²) < 4.78 is 2.24. The molecule has 0 amide bonds. The molecule has 1 aliphatic carbocycles. The van der Waals surface area contributed by atoms with Crippen molar-refractivity contribution in [2.24, 2.45) is 5.92 Å². The fourth-order valence-corrected chi connectivity index (χ4v) is 3.30. The van der Waals surface area contributed by atoms with Crippen LogP contribution in [0.3, 0.4) is 0 Å². The van der Waals surface area contributed by atoms with E-state index in [1.807, 2.05) is 0 Å². The minimum absolute atomic E-state index is 0.919. The van der Waals surface area contributed by atoms with Crippen molar-refractivity contribution in [3.8, 4) is 0 Å². The van der Waals surface area contributed by atoms with Gasteiger partial charge in [0.15, 0.2) is 4.96 Å². The van der Waals surface area contributed by atoms with Gasteiger partial charge in [0.05, 0.1) is 11.4 Å². The van der Waals surface area contributed by atoms with Crippen LogP contribution >= 0.6 is 11.3 Å². The number of imidazole rings is 1. The molecule has 1 aliphatic rings. The number of aromatic nitrogens is 2. The topological polar surface area (TPSA) is 29.3 Å². The first kappa shape index (κ1) is 11.2. The van der Waals surface area contributed by atoms with Gasteiger partial charge in [-0.1, -0.05) is 6.42 Å². The third kappa shape index (κ3) is 2.11. The maximum atomic E-state index is 4.61. The van der Waals surface area contributed by atoms with Crippen LogP contribution in [0.4, 0.5) is 0 Å². The highest BCUT2D eigenvalue weighted by atomic mass is 32.1. The smallest absolute Gasteiger partial charge is 0.194 e. The van der Waals surface area contributed by atoms with Gasteiger partial charge in [-0.3, -0.25) is 4.40 Å².